The predicted molar refractivity (Wildman–Crippen MR) is 61.0 cm³/mol. The molecular weight excluding hydrogens is 172 g/mol. The molecule has 0 saturated carbocycles. The van der Waals surface area contributed by atoms with Gasteiger partial charge in [0.15, 0.2) is 0 Å². The lowest BCUT2D eigenvalue weighted by atomic mass is 9.88. The smallest absolute Gasteiger partial charge is 0.131 e. The molecule has 2 heteroatoms. The van der Waals surface area contributed by atoms with Crippen molar-refractivity contribution in [2.24, 2.45) is 5.41 Å². The maximum absolute atomic E-state index is 4.22. The highest BCUT2D eigenvalue weighted by Crippen LogP contribution is 2.25. The second kappa shape index (κ2) is 4.45. The number of nitrogens with zero attached hydrogens (tertiary/aromatic N) is 2. The van der Waals surface area contributed by atoms with E-state index in [1.165, 1.54) is 12.8 Å². The van der Waals surface area contributed by atoms with Gasteiger partial charge in [-0.1, -0.05) is 33.8 Å². The van der Waals surface area contributed by atoms with Gasteiger partial charge < -0.3 is 4.57 Å². The molecule has 0 spiro atoms. The number of imidazole rings is 1. The predicted octanol–water partition coefficient (Wildman–Crippen LogP) is 3.35. The Balaban J connectivity index is 2.72. The highest BCUT2D eigenvalue weighted by Gasteiger charge is 2.17. The van der Waals surface area contributed by atoms with Crippen LogP contribution in [0.25, 0.3) is 6.08 Å². The maximum Gasteiger partial charge on any atom is 0.131 e. The van der Waals surface area contributed by atoms with Gasteiger partial charge in [0, 0.05) is 18.9 Å². The molecule has 1 heterocycles. The molecule has 1 rings (SSSR count). The zero-order valence-corrected chi connectivity index (χ0v) is 9.45. The molecular formula is C12H20N2. The standard InChI is InChI=1S/C12H20N2/c1-5-7-12(3,4)10-14-9-8-13-11(14)6-2/h6,8-9H,2,5,7,10H2,1,3-4H3. The summed E-state index contributed by atoms with van der Waals surface area (Å²) in [7, 11) is 0. The fraction of sp³-hybridized carbons (Fsp3) is 0.583. The topological polar surface area (TPSA) is 17.8 Å². The van der Waals surface area contributed by atoms with Gasteiger partial charge in [0.2, 0.25) is 0 Å². The van der Waals surface area contributed by atoms with Crippen LogP contribution in [-0.2, 0) is 6.54 Å². The summed E-state index contributed by atoms with van der Waals surface area (Å²) in [5.41, 5.74) is 0.340. The van der Waals surface area contributed by atoms with E-state index < -0.39 is 0 Å². The Morgan fingerprint density at radius 3 is 2.86 bits per heavy atom. The molecule has 0 unspecified atom stereocenters. The van der Waals surface area contributed by atoms with Crippen LogP contribution in [0, 0.1) is 5.41 Å². The minimum absolute atomic E-state index is 0.340. The molecule has 0 amide bonds. The van der Waals surface area contributed by atoms with Crippen molar-refractivity contribution in [1.29, 1.82) is 0 Å². The molecule has 2 nitrogen and oxygen atoms in total. The van der Waals surface area contributed by atoms with E-state index in [0.29, 0.717) is 5.41 Å². The first kappa shape index (κ1) is 11.0. The Morgan fingerprint density at radius 1 is 1.57 bits per heavy atom. The van der Waals surface area contributed by atoms with Crippen molar-refractivity contribution < 1.29 is 0 Å². The lowest BCUT2D eigenvalue weighted by molar-refractivity contribution is 0.278. The van der Waals surface area contributed by atoms with Gasteiger partial charge in [-0.05, 0) is 17.9 Å². The van der Waals surface area contributed by atoms with Gasteiger partial charge >= 0.3 is 0 Å². The van der Waals surface area contributed by atoms with Crippen molar-refractivity contribution >= 4 is 6.08 Å². The van der Waals surface area contributed by atoms with E-state index in [4.69, 9.17) is 0 Å². The average Bonchev–Trinajstić information content (AvgIpc) is 2.50. The van der Waals surface area contributed by atoms with Gasteiger partial charge in [0.05, 0.1) is 0 Å². The van der Waals surface area contributed by atoms with Crippen LogP contribution in [0.5, 0.6) is 0 Å². The SMILES string of the molecule is C=Cc1nccn1CC(C)(C)CCC. The Kier molecular flexibility index (Phi) is 3.50. The van der Waals surface area contributed by atoms with Crippen LogP contribution in [-0.4, -0.2) is 9.55 Å². The second-order valence-corrected chi connectivity index (χ2v) is 4.53. The Labute approximate surface area is 86.7 Å². The first-order valence-electron chi connectivity index (χ1n) is 5.22. The summed E-state index contributed by atoms with van der Waals surface area (Å²) >= 11 is 0. The van der Waals surface area contributed by atoms with Gasteiger partial charge in [-0.25, -0.2) is 4.98 Å². The number of hydrogen-bond donors (Lipinski definition) is 0. The first-order valence-corrected chi connectivity index (χ1v) is 5.22. The number of hydrogen-bond acceptors (Lipinski definition) is 1. The fourth-order valence-electron chi connectivity index (χ4n) is 1.86. The normalized spacial score (nSPS) is 11.6. The molecule has 0 fully saturated rings. The third kappa shape index (κ3) is 2.72. The van der Waals surface area contributed by atoms with Gasteiger partial charge in [-0.3, -0.25) is 0 Å². The molecule has 0 atom stereocenters. The molecule has 0 saturated heterocycles. The summed E-state index contributed by atoms with van der Waals surface area (Å²) < 4.78 is 2.17. The van der Waals surface area contributed by atoms with E-state index >= 15 is 0 Å². The van der Waals surface area contributed by atoms with E-state index in [9.17, 15) is 0 Å². The van der Waals surface area contributed by atoms with Gasteiger partial charge in [0.25, 0.3) is 0 Å². The fourth-order valence-corrected chi connectivity index (χ4v) is 1.86. The minimum atomic E-state index is 0.340. The Hall–Kier alpha value is -1.05. The minimum Gasteiger partial charge on any atom is -0.331 e. The van der Waals surface area contributed by atoms with Crippen LogP contribution in [0.2, 0.25) is 0 Å². The second-order valence-electron chi connectivity index (χ2n) is 4.53. The highest BCUT2D eigenvalue weighted by atomic mass is 15.1. The van der Waals surface area contributed by atoms with E-state index in [-0.39, 0.29) is 0 Å². The van der Waals surface area contributed by atoms with Crippen molar-refractivity contribution in [3.05, 3.63) is 24.8 Å². The quantitative estimate of drug-likeness (QED) is 0.699. The van der Waals surface area contributed by atoms with E-state index in [2.05, 4.69) is 36.9 Å². The molecule has 0 bridgehead atoms. The summed E-state index contributed by atoms with van der Waals surface area (Å²) in [6.07, 6.45) is 8.13. The van der Waals surface area contributed by atoms with Crippen molar-refractivity contribution in [3.8, 4) is 0 Å². The maximum atomic E-state index is 4.22. The average molecular weight is 192 g/mol. The van der Waals surface area contributed by atoms with E-state index in [1.807, 2.05) is 18.5 Å². The Bertz CT molecular complexity index is 297. The monoisotopic (exact) mass is 192 g/mol. The van der Waals surface area contributed by atoms with E-state index in [1.54, 1.807) is 0 Å². The summed E-state index contributed by atoms with van der Waals surface area (Å²) in [6.45, 7) is 11.6. The van der Waals surface area contributed by atoms with Gasteiger partial charge in [0.1, 0.15) is 5.82 Å². The largest absolute Gasteiger partial charge is 0.331 e. The van der Waals surface area contributed by atoms with Crippen LogP contribution in [0.4, 0.5) is 0 Å². The molecule has 0 N–H and O–H groups in total. The van der Waals surface area contributed by atoms with E-state index in [0.717, 1.165) is 12.4 Å². The lowest BCUT2D eigenvalue weighted by Gasteiger charge is -2.25. The molecule has 14 heavy (non-hydrogen) atoms. The van der Waals surface area contributed by atoms with Crippen molar-refractivity contribution in [1.82, 2.24) is 9.55 Å². The Morgan fingerprint density at radius 2 is 2.29 bits per heavy atom. The summed E-state index contributed by atoms with van der Waals surface area (Å²) in [6, 6.07) is 0. The molecule has 0 aliphatic carbocycles. The number of rotatable bonds is 5. The summed E-state index contributed by atoms with van der Waals surface area (Å²) in [5, 5.41) is 0. The molecule has 0 aliphatic rings. The number of aromatic nitrogens is 2. The van der Waals surface area contributed by atoms with Crippen LogP contribution in [0.3, 0.4) is 0 Å². The third-order valence-electron chi connectivity index (χ3n) is 2.46. The van der Waals surface area contributed by atoms with Crippen LogP contribution in [0.15, 0.2) is 19.0 Å². The van der Waals surface area contributed by atoms with Crippen LogP contribution < -0.4 is 0 Å². The third-order valence-corrected chi connectivity index (χ3v) is 2.46. The van der Waals surface area contributed by atoms with Gasteiger partial charge in [-0.15, -0.1) is 0 Å². The van der Waals surface area contributed by atoms with Crippen LogP contribution in [0.1, 0.15) is 39.4 Å². The molecule has 78 valence electrons. The van der Waals surface area contributed by atoms with Crippen molar-refractivity contribution in [3.63, 3.8) is 0 Å². The molecule has 1 aromatic heterocycles. The first-order chi connectivity index (χ1) is 6.59. The zero-order chi connectivity index (χ0) is 10.6. The summed E-state index contributed by atoms with van der Waals surface area (Å²) in [4.78, 5) is 4.22. The molecule has 0 aromatic carbocycles. The lowest BCUT2D eigenvalue weighted by Crippen LogP contribution is -2.19. The highest BCUT2D eigenvalue weighted by molar-refractivity contribution is 5.36. The summed E-state index contributed by atoms with van der Waals surface area (Å²) in [5.74, 6) is 0.967. The van der Waals surface area contributed by atoms with Crippen LogP contribution >= 0.6 is 0 Å². The van der Waals surface area contributed by atoms with Crippen molar-refractivity contribution in [2.45, 2.75) is 40.2 Å². The van der Waals surface area contributed by atoms with Crippen molar-refractivity contribution in [2.75, 3.05) is 0 Å². The molecule has 0 aliphatic heterocycles. The van der Waals surface area contributed by atoms with Gasteiger partial charge in [-0.2, -0.15) is 0 Å². The zero-order valence-electron chi connectivity index (χ0n) is 9.45. The molecule has 1 aromatic rings. The molecule has 0 radical (unpaired) electrons.